The van der Waals surface area contributed by atoms with E-state index in [0.29, 0.717) is 24.6 Å². The highest BCUT2D eigenvalue weighted by atomic mass is 32.1. The first-order chi connectivity index (χ1) is 14.0. The number of rotatable bonds is 4. The van der Waals surface area contributed by atoms with Crippen molar-refractivity contribution in [2.45, 2.75) is 26.7 Å². The average molecular weight is 415 g/mol. The molecule has 1 aliphatic rings. The number of ether oxygens (including phenoxy) is 1. The summed E-state index contributed by atoms with van der Waals surface area (Å²) in [5, 5.41) is 5.44. The first-order valence-electron chi connectivity index (χ1n) is 9.69. The van der Waals surface area contributed by atoms with Crippen LogP contribution in [0.25, 0.3) is 15.9 Å². The number of esters is 1. The standard InChI is InChI=1S/C21H22FN3O3S/c1-3-28-21(27)14-5-4-10-24(12-14)19(26)18-11-17-13(2)23-25(20(17)29-18)16-8-6-15(22)7-9-16/h6-9,11,14H,3-5,10,12H2,1-2H3/t14-/m0/s1. The number of piperidine rings is 1. The zero-order chi connectivity index (χ0) is 20.5. The van der Waals surface area contributed by atoms with Crippen LogP contribution in [-0.4, -0.2) is 46.3 Å². The number of nitrogens with zero attached hydrogens (tertiary/aromatic N) is 3. The summed E-state index contributed by atoms with van der Waals surface area (Å²) in [6, 6.07) is 7.97. The number of carbonyl (C=O) groups is 2. The van der Waals surface area contributed by atoms with Crippen LogP contribution in [0, 0.1) is 18.7 Å². The molecule has 1 saturated heterocycles. The van der Waals surface area contributed by atoms with Gasteiger partial charge < -0.3 is 9.64 Å². The lowest BCUT2D eigenvalue weighted by Gasteiger charge is -2.31. The summed E-state index contributed by atoms with van der Waals surface area (Å²) in [6.45, 7) is 5.04. The lowest BCUT2D eigenvalue weighted by molar-refractivity contribution is -0.149. The number of carbonyl (C=O) groups excluding carboxylic acids is 2. The molecule has 0 radical (unpaired) electrons. The lowest BCUT2D eigenvalue weighted by Crippen LogP contribution is -2.42. The number of hydrogen-bond acceptors (Lipinski definition) is 5. The van der Waals surface area contributed by atoms with E-state index in [1.54, 1.807) is 28.6 Å². The van der Waals surface area contributed by atoms with Crippen LogP contribution in [0.15, 0.2) is 30.3 Å². The van der Waals surface area contributed by atoms with Crippen molar-refractivity contribution < 1.29 is 18.7 Å². The van der Waals surface area contributed by atoms with E-state index in [1.807, 2.05) is 13.0 Å². The van der Waals surface area contributed by atoms with Crippen LogP contribution in [-0.2, 0) is 9.53 Å². The van der Waals surface area contributed by atoms with E-state index in [9.17, 15) is 14.0 Å². The number of benzene rings is 1. The third-order valence-electron chi connectivity index (χ3n) is 5.16. The van der Waals surface area contributed by atoms with Gasteiger partial charge in [0.15, 0.2) is 0 Å². The molecule has 2 aromatic heterocycles. The van der Waals surface area contributed by atoms with Crippen molar-refractivity contribution >= 4 is 33.4 Å². The predicted molar refractivity (Wildman–Crippen MR) is 109 cm³/mol. The number of thiophene rings is 1. The van der Waals surface area contributed by atoms with Crippen molar-refractivity contribution in [2.75, 3.05) is 19.7 Å². The number of likely N-dealkylation sites (tertiary alicyclic amines) is 1. The molecule has 1 fully saturated rings. The molecule has 0 N–H and O–H groups in total. The molecule has 152 valence electrons. The van der Waals surface area contributed by atoms with Gasteiger partial charge in [-0.15, -0.1) is 11.3 Å². The Kier molecular flexibility index (Phi) is 5.36. The Bertz CT molecular complexity index is 1060. The van der Waals surface area contributed by atoms with Crippen LogP contribution in [0.3, 0.4) is 0 Å². The molecule has 0 bridgehead atoms. The Labute approximate surface area is 171 Å². The first-order valence-corrected chi connectivity index (χ1v) is 10.5. The molecule has 0 aliphatic carbocycles. The molecule has 29 heavy (non-hydrogen) atoms. The molecule has 1 atom stereocenters. The SMILES string of the molecule is CCOC(=O)[C@H]1CCCN(C(=O)c2cc3c(C)nn(-c4ccc(F)cc4)c3s2)C1. The molecule has 0 spiro atoms. The van der Waals surface area contributed by atoms with Gasteiger partial charge in [-0.05, 0) is 57.0 Å². The fourth-order valence-corrected chi connectivity index (χ4v) is 4.83. The minimum Gasteiger partial charge on any atom is -0.466 e. The summed E-state index contributed by atoms with van der Waals surface area (Å²) < 4.78 is 20.1. The lowest BCUT2D eigenvalue weighted by atomic mass is 9.98. The van der Waals surface area contributed by atoms with E-state index >= 15 is 0 Å². The second-order valence-electron chi connectivity index (χ2n) is 7.15. The fraction of sp³-hybridized carbons (Fsp3) is 0.381. The van der Waals surface area contributed by atoms with Gasteiger partial charge in [-0.1, -0.05) is 0 Å². The molecule has 1 aliphatic heterocycles. The van der Waals surface area contributed by atoms with Crippen molar-refractivity contribution in [3.63, 3.8) is 0 Å². The molecule has 0 unspecified atom stereocenters. The highest BCUT2D eigenvalue weighted by Gasteiger charge is 2.31. The average Bonchev–Trinajstić information content (AvgIpc) is 3.29. The third kappa shape index (κ3) is 3.76. The van der Waals surface area contributed by atoms with Crippen molar-refractivity contribution in [1.29, 1.82) is 0 Å². The van der Waals surface area contributed by atoms with Gasteiger partial charge in [0.05, 0.1) is 28.8 Å². The zero-order valence-electron chi connectivity index (χ0n) is 16.4. The van der Waals surface area contributed by atoms with Crippen LogP contribution in [0.5, 0.6) is 0 Å². The number of amides is 1. The van der Waals surface area contributed by atoms with Gasteiger partial charge in [-0.3, -0.25) is 9.59 Å². The summed E-state index contributed by atoms with van der Waals surface area (Å²) in [5.41, 5.74) is 1.55. The number of hydrogen-bond donors (Lipinski definition) is 0. The Morgan fingerprint density at radius 1 is 1.31 bits per heavy atom. The summed E-state index contributed by atoms with van der Waals surface area (Å²) in [5.74, 6) is -0.884. The van der Waals surface area contributed by atoms with E-state index in [4.69, 9.17) is 4.74 Å². The molecule has 1 aromatic carbocycles. The van der Waals surface area contributed by atoms with Gasteiger partial charge in [-0.2, -0.15) is 5.10 Å². The summed E-state index contributed by atoms with van der Waals surface area (Å²) in [6.07, 6.45) is 1.52. The molecule has 8 heteroatoms. The first kappa shape index (κ1) is 19.6. The minimum absolute atomic E-state index is 0.0785. The summed E-state index contributed by atoms with van der Waals surface area (Å²) in [4.78, 5) is 28.4. The number of aryl methyl sites for hydroxylation is 1. The molecular formula is C21H22FN3O3S. The van der Waals surface area contributed by atoms with Crippen molar-refractivity contribution in [3.8, 4) is 5.69 Å². The molecule has 6 nitrogen and oxygen atoms in total. The monoisotopic (exact) mass is 415 g/mol. The molecule has 0 saturated carbocycles. The quantitative estimate of drug-likeness (QED) is 0.606. The second-order valence-corrected chi connectivity index (χ2v) is 8.18. The van der Waals surface area contributed by atoms with Gasteiger partial charge in [0, 0.05) is 18.5 Å². The molecule has 1 amide bonds. The van der Waals surface area contributed by atoms with E-state index in [0.717, 1.165) is 34.4 Å². The van der Waals surface area contributed by atoms with E-state index in [1.165, 1.54) is 23.5 Å². The van der Waals surface area contributed by atoms with Gasteiger partial charge >= 0.3 is 5.97 Å². The van der Waals surface area contributed by atoms with Crippen LogP contribution >= 0.6 is 11.3 Å². The maximum atomic E-state index is 13.3. The number of aromatic nitrogens is 2. The number of halogens is 1. The van der Waals surface area contributed by atoms with Gasteiger partial charge in [0.25, 0.3) is 5.91 Å². The molecule has 4 rings (SSSR count). The second kappa shape index (κ2) is 7.94. The van der Waals surface area contributed by atoms with Crippen LogP contribution in [0.1, 0.15) is 35.1 Å². The van der Waals surface area contributed by atoms with E-state index in [2.05, 4.69) is 5.10 Å². The molecular weight excluding hydrogens is 393 g/mol. The third-order valence-corrected chi connectivity index (χ3v) is 6.25. The minimum atomic E-state index is -0.308. The fourth-order valence-electron chi connectivity index (χ4n) is 3.68. The predicted octanol–water partition coefficient (Wildman–Crippen LogP) is 3.95. The maximum absolute atomic E-state index is 13.3. The topological polar surface area (TPSA) is 64.4 Å². The molecule has 3 aromatic rings. The van der Waals surface area contributed by atoms with E-state index in [-0.39, 0.29) is 23.6 Å². The Morgan fingerprint density at radius 3 is 2.79 bits per heavy atom. The largest absolute Gasteiger partial charge is 0.466 e. The Hall–Kier alpha value is -2.74. The van der Waals surface area contributed by atoms with Crippen molar-refractivity contribution in [1.82, 2.24) is 14.7 Å². The van der Waals surface area contributed by atoms with Crippen molar-refractivity contribution in [2.24, 2.45) is 5.92 Å². The highest BCUT2D eigenvalue weighted by Crippen LogP contribution is 2.32. The van der Waals surface area contributed by atoms with Crippen molar-refractivity contribution in [3.05, 3.63) is 46.7 Å². The van der Waals surface area contributed by atoms with Crippen LogP contribution in [0.4, 0.5) is 4.39 Å². The Balaban J connectivity index is 1.61. The number of fused-ring (bicyclic) bond motifs is 1. The molecule has 3 heterocycles. The van der Waals surface area contributed by atoms with Crippen LogP contribution < -0.4 is 0 Å². The smallest absolute Gasteiger partial charge is 0.310 e. The van der Waals surface area contributed by atoms with E-state index < -0.39 is 0 Å². The van der Waals surface area contributed by atoms with Crippen LogP contribution in [0.2, 0.25) is 0 Å². The maximum Gasteiger partial charge on any atom is 0.310 e. The van der Waals surface area contributed by atoms with Gasteiger partial charge in [0.2, 0.25) is 0 Å². The van der Waals surface area contributed by atoms with Gasteiger partial charge in [-0.25, -0.2) is 9.07 Å². The van der Waals surface area contributed by atoms with Gasteiger partial charge in [0.1, 0.15) is 10.6 Å². The normalized spacial score (nSPS) is 16.9. The summed E-state index contributed by atoms with van der Waals surface area (Å²) >= 11 is 1.36. The Morgan fingerprint density at radius 2 is 2.07 bits per heavy atom. The highest BCUT2D eigenvalue weighted by molar-refractivity contribution is 7.20. The zero-order valence-corrected chi connectivity index (χ0v) is 17.2. The summed E-state index contributed by atoms with van der Waals surface area (Å²) in [7, 11) is 0.